The van der Waals surface area contributed by atoms with Crippen molar-refractivity contribution in [1.82, 2.24) is 10.2 Å². The number of urea groups is 1. The summed E-state index contributed by atoms with van der Waals surface area (Å²) >= 11 is 0.648. The highest BCUT2D eigenvalue weighted by Crippen LogP contribution is 2.32. The van der Waals surface area contributed by atoms with E-state index in [1.807, 2.05) is 31.3 Å². The predicted octanol–water partition coefficient (Wildman–Crippen LogP) is 5.11. The molecule has 0 heterocycles. The van der Waals surface area contributed by atoms with E-state index in [2.05, 4.69) is 22.5 Å². The second-order valence-corrected chi connectivity index (χ2v) is 7.38. The molecular weight excluding hydrogens is 387 g/mol. The zero-order valence-electron chi connectivity index (χ0n) is 15.8. The van der Waals surface area contributed by atoms with Gasteiger partial charge in [0.05, 0.1) is 11.4 Å². The molecule has 28 heavy (non-hydrogen) atoms. The number of hydrogen-bond donors (Lipinski definition) is 2. The minimum absolute atomic E-state index is 0.327. The number of rotatable bonds is 8. The molecule has 2 aromatic carbocycles. The maximum atomic E-state index is 12.5. The van der Waals surface area contributed by atoms with Gasteiger partial charge in [0.15, 0.2) is 0 Å². The number of halogens is 3. The van der Waals surface area contributed by atoms with Crippen LogP contribution in [0.3, 0.4) is 0 Å². The summed E-state index contributed by atoms with van der Waals surface area (Å²) < 4.78 is 37.4. The van der Waals surface area contributed by atoms with E-state index in [0.29, 0.717) is 28.9 Å². The molecule has 0 radical (unpaired) electrons. The third kappa shape index (κ3) is 7.82. The zero-order valence-corrected chi connectivity index (χ0v) is 16.7. The lowest BCUT2D eigenvalue weighted by Crippen LogP contribution is -2.28. The third-order valence-corrected chi connectivity index (χ3v) is 5.10. The molecule has 4 nitrogen and oxygen atoms in total. The number of amides is 2. The number of benzene rings is 2. The molecule has 152 valence electrons. The van der Waals surface area contributed by atoms with Crippen LogP contribution >= 0.6 is 11.8 Å². The highest BCUT2D eigenvalue weighted by atomic mass is 32.2. The summed E-state index contributed by atoms with van der Waals surface area (Å²) in [7, 11) is 2.03. The van der Waals surface area contributed by atoms with Crippen LogP contribution in [0, 0.1) is 0 Å². The number of alkyl halides is 3. The van der Waals surface area contributed by atoms with Crippen LogP contribution in [0.5, 0.6) is 0 Å². The van der Waals surface area contributed by atoms with Gasteiger partial charge < -0.3 is 15.5 Å². The SMILES string of the molecule is CCN(C)Cc1cccc(CNC(=O)Nc2ccccc2SCC(F)(F)F)c1. The molecular formula is C20H24F3N3OS. The van der Waals surface area contributed by atoms with Gasteiger partial charge >= 0.3 is 12.2 Å². The Morgan fingerprint density at radius 2 is 1.82 bits per heavy atom. The quantitative estimate of drug-likeness (QED) is 0.593. The number of carbonyl (C=O) groups excluding carboxylic acids is 1. The Morgan fingerprint density at radius 1 is 1.11 bits per heavy atom. The van der Waals surface area contributed by atoms with Gasteiger partial charge in [-0.1, -0.05) is 43.3 Å². The van der Waals surface area contributed by atoms with Gasteiger partial charge in [-0.15, -0.1) is 11.8 Å². The van der Waals surface area contributed by atoms with Crippen LogP contribution in [-0.4, -0.2) is 36.5 Å². The smallest absolute Gasteiger partial charge is 0.334 e. The first kappa shape index (κ1) is 22.1. The maximum Gasteiger partial charge on any atom is 0.398 e. The third-order valence-electron chi connectivity index (χ3n) is 3.96. The first-order valence-electron chi connectivity index (χ1n) is 8.86. The van der Waals surface area contributed by atoms with Gasteiger partial charge in [0.25, 0.3) is 0 Å². The number of para-hydroxylation sites is 1. The van der Waals surface area contributed by atoms with E-state index in [4.69, 9.17) is 0 Å². The highest BCUT2D eigenvalue weighted by molar-refractivity contribution is 7.99. The van der Waals surface area contributed by atoms with E-state index in [1.54, 1.807) is 24.3 Å². The minimum Gasteiger partial charge on any atom is -0.334 e. The highest BCUT2D eigenvalue weighted by Gasteiger charge is 2.27. The molecule has 8 heteroatoms. The summed E-state index contributed by atoms with van der Waals surface area (Å²) in [4.78, 5) is 14.7. The molecule has 0 aliphatic heterocycles. The number of nitrogens with one attached hydrogen (secondary N) is 2. The molecule has 0 spiro atoms. The lowest BCUT2D eigenvalue weighted by Gasteiger charge is -2.15. The number of nitrogens with zero attached hydrogens (tertiary/aromatic N) is 1. The fourth-order valence-corrected chi connectivity index (χ4v) is 3.23. The zero-order chi connectivity index (χ0) is 20.6. The fourth-order valence-electron chi connectivity index (χ4n) is 2.47. The lowest BCUT2D eigenvalue weighted by molar-refractivity contribution is -0.105. The van der Waals surface area contributed by atoms with Crippen molar-refractivity contribution in [2.45, 2.75) is 31.1 Å². The molecule has 0 saturated carbocycles. The maximum absolute atomic E-state index is 12.5. The number of hydrogen-bond acceptors (Lipinski definition) is 3. The Hall–Kier alpha value is -2.19. The second kappa shape index (κ2) is 10.4. The van der Waals surface area contributed by atoms with Crippen LogP contribution in [0.25, 0.3) is 0 Å². The topological polar surface area (TPSA) is 44.4 Å². The van der Waals surface area contributed by atoms with Gasteiger partial charge in [-0.2, -0.15) is 13.2 Å². The van der Waals surface area contributed by atoms with Gasteiger partial charge in [-0.25, -0.2) is 4.79 Å². The van der Waals surface area contributed by atoms with Crippen molar-refractivity contribution in [2.75, 3.05) is 24.7 Å². The number of carbonyl (C=O) groups is 1. The molecule has 0 aliphatic rings. The molecule has 2 amide bonds. The molecule has 0 bridgehead atoms. The van der Waals surface area contributed by atoms with Crippen molar-refractivity contribution in [3.05, 3.63) is 59.7 Å². The summed E-state index contributed by atoms with van der Waals surface area (Å²) in [6.45, 7) is 4.17. The normalized spacial score (nSPS) is 11.5. The monoisotopic (exact) mass is 411 g/mol. The van der Waals surface area contributed by atoms with Gasteiger partial charge in [0.1, 0.15) is 0 Å². The molecule has 2 N–H and O–H groups in total. The summed E-state index contributed by atoms with van der Waals surface area (Å²) in [5.41, 5.74) is 2.46. The lowest BCUT2D eigenvalue weighted by atomic mass is 10.1. The van der Waals surface area contributed by atoms with Crippen LogP contribution in [0.1, 0.15) is 18.1 Å². The first-order chi connectivity index (χ1) is 13.3. The second-order valence-electron chi connectivity index (χ2n) is 6.36. The van der Waals surface area contributed by atoms with Crippen molar-refractivity contribution in [1.29, 1.82) is 0 Å². The molecule has 0 fully saturated rings. The van der Waals surface area contributed by atoms with E-state index in [-0.39, 0.29) is 0 Å². The minimum atomic E-state index is -4.27. The van der Waals surface area contributed by atoms with Gasteiger partial charge in [-0.3, -0.25) is 0 Å². The van der Waals surface area contributed by atoms with Crippen molar-refractivity contribution in [3.8, 4) is 0 Å². The van der Waals surface area contributed by atoms with Crippen LogP contribution in [0.2, 0.25) is 0 Å². The Labute approximate surface area is 167 Å². The Kier molecular flexibility index (Phi) is 8.19. The molecule has 0 atom stereocenters. The van der Waals surface area contributed by atoms with Crippen LogP contribution in [0.15, 0.2) is 53.4 Å². The van der Waals surface area contributed by atoms with Crippen molar-refractivity contribution >= 4 is 23.5 Å². The van der Waals surface area contributed by atoms with Crippen molar-refractivity contribution in [2.24, 2.45) is 0 Å². The summed E-state index contributed by atoms with van der Waals surface area (Å²) in [5.74, 6) is -1.01. The molecule has 0 unspecified atom stereocenters. The van der Waals surface area contributed by atoms with E-state index >= 15 is 0 Å². The fraction of sp³-hybridized carbons (Fsp3) is 0.350. The molecule has 2 aromatic rings. The predicted molar refractivity (Wildman–Crippen MR) is 108 cm³/mol. The van der Waals surface area contributed by atoms with Crippen molar-refractivity contribution < 1.29 is 18.0 Å². The average Bonchev–Trinajstić information content (AvgIpc) is 2.65. The van der Waals surface area contributed by atoms with E-state index < -0.39 is 18.0 Å². The molecule has 0 aromatic heterocycles. The summed E-state index contributed by atoms with van der Waals surface area (Å²) in [6, 6.07) is 13.9. The van der Waals surface area contributed by atoms with E-state index in [1.165, 1.54) is 0 Å². The van der Waals surface area contributed by atoms with E-state index in [9.17, 15) is 18.0 Å². The van der Waals surface area contributed by atoms with Gasteiger partial charge in [0, 0.05) is 18.0 Å². The van der Waals surface area contributed by atoms with Gasteiger partial charge in [0.2, 0.25) is 0 Å². The Morgan fingerprint density at radius 3 is 2.54 bits per heavy atom. The van der Waals surface area contributed by atoms with Crippen LogP contribution in [-0.2, 0) is 13.1 Å². The standard InChI is InChI=1S/C20H24F3N3OS/c1-3-26(2)13-16-8-6-7-15(11-16)12-24-19(27)25-17-9-4-5-10-18(17)28-14-20(21,22)23/h4-11H,3,12-14H2,1-2H3,(H2,24,25,27). The number of thioether (sulfide) groups is 1. The molecule has 0 aliphatic carbocycles. The number of anilines is 1. The Bertz CT molecular complexity index is 783. The molecule has 2 rings (SSSR count). The van der Waals surface area contributed by atoms with Crippen LogP contribution < -0.4 is 10.6 Å². The summed E-state index contributed by atoms with van der Waals surface area (Å²) in [5, 5.41) is 5.37. The summed E-state index contributed by atoms with van der Waals surface area (Å²) in [6.07, 6.45) is -4.27. The first-order valence-corrected chi connectivity index (χ1v) is 9.85. The van der Waals surface area contributed by atoms with Crippen molar-refractivity contribution in [3.63, 3.8) is 0 Å². The molecule has 0 saturated heterocycles. The van der Waals surface area contributed by atoms with Gasteiger partial charge in [-0.05, 0) is 36.9 Å². The average molecular weight is 411 g/mol. The largest absolute Gasteiger partial charge is 0.398 e. The van der Waals surface area contributed by atoms with Crippen LogP contribution in [0.4, 0.5) is 23.7 Å². The Balaban J connectivity index is 1.92. The van der Waals surface area contributed by atoms with E-state index in [0.717, 1.165) is 24.2 Å².